The average Bonchev–Trinajstić information content (AvgIpc) is 3.10. The van der Waals surface area contributed by atoms with Gasteiger partial charge in [-0.25, -0.2) is 9.59 Å². The third-order valence-electron chi connectivity index (χ3n) is 13.0. The van der Waals surface area contributed by atoms with Crippen LogP contribution in [0.25, 0.3) is 0 Å². The zero-order valence-electron chi connectivity index (χ0n) is 35.6. The number of alkyl carbamates (subject to hydrolysis) is 1. The molecule has 0 radical (unpaired) electrons. The quantitative estimate of drug-likeness (QED) is 0.179. The first-order chi connectivity index (χ1) is 27.2. The van der Waals surface area contributed by atoms with Crippen LogP contribution in [0.4, 0.5) is 4.79 Å². The van der Waals surface area contributed by atoms with E-state index in [-0.39, 0.29) is 37.0 Å². The summed E-state index contributed by atoms with van der Waals surface area (Å²) in [6.45, 7) is 12.1. The lowest BCUT2D eigenvalue weighted by Crippen LogP contribution is -2.82. The van der Waals surface area contributed by atoms with Gasteiger partial charge in [-0.05, 0) is 58.6 Å². The Balaban J connectivity index is 1.75. The van der Waals surface area contributed by atoms with Gasteiger partial charge in [0.25, 0.3) is 0 Å². The Morgan fingerprint density at radius 3 is 2.20 bits per heavy atom. The first kappa shape index (κ1) is 45.9. The largest absolute Gasteiger partial charge is 0.457 e. The van der Waals surface area contributed by atoms with Crippen LogP contribution in [0.15, 0.2) is 11.1 Å². The summed E-state index contributed by atoms with van der Waals surface area (Å²) >= 11 is 0. The fourth-order valence-corrected chi connectivity index (χ4v) is 9.87. The maximum absolute atomic E-state index is 15.4. The molecule has 0 unspecified atom stereocenters. The van der Waals surface area contributed by atoms with Gasteiger partial charge in [-0.1, -0.05) is 26.7 Å². The predicted octanol–water partition coefficient (Wildman–Crippen LogP) is 1.57. The first-order valence-corrected chi connectivity index (χ1v) is 20.2. The number of Topliss-reactive ketones (excluding diaryl/α,β-unsaturated/α-hetero) is 1. The average molecular weight is 837 g/mol. The Hall–Kier alpha value is -4.13. The molecule has 59 heavy (non-hydrogen) atoms. The molecule has 0 aromatic rings. The van der Waals surface area contributed by atoms with Gasteiger partial charge in [0.05, 0.1) is 30.1 Å². The molecule has 5 rings (SSSR count). The molecule has 5 aliphatic rings. The van der Waals surface area contributed by atoms with E-state index in [4.69, 9.17) is 28.4 Å². The smallest absolute Gasteiger partial charge is 0.407 e. The molecule has 2 aliphatic heterocycles. The number of amides is 2. The van der Waals surface area contributed by atoms with Crippen molar-refractivity contribution in [3.63, 3.8) is 0 Å². The van der Waals surface area contributed by atoms with E-state index in [1.165, 1.54) is 34.7 Å². The Labute approximate surface area is 343 Å². The van der Waals surface area contributed by atoms with E-state index in [2.05, 4.69) is 5.32 Å². The Morgan fingerprint density at radius 2 is 1.63 bits per heavy atom. The fourth-order valence-electron chi connectivity index (χ4n) is 9.87. The molecule has 11 atom stereocenters. The zero-order chi connectivity index (χ0) is 44.2. The molecule has 3 bridgehead atoms. The molecule has 0 aromatic heterocycles. The Bertz CT molecular complexity index is 1770. The number of rotatable bonds is 3. The lowest BCUT2D eigenvalue weighted by atomic mass is 9.44. The first-order valence-electron chi connectivity index (χ1n) is 20.2. The number of aliphatic hydroxyl groups excluding tert-OH is 2. The van der Waals surface area contributed by atoms with Crippen LogP contribution in [-0.2, 0) is 57.2 Å². The van der Waals surface area contributed by atoms with Crippen molar-refractivity contribution in [2.45, 2.75) is 167 Å². The molecule has 2 saturated carbocycles. The number of ketones is 1. The second-order valence-corrected chi connectivity index (χ2v) is 18.4. The molecule has 2 amide bonds. The molecule has 0 spiro atoms. The lowest BCUT2D eigenvalue weighted by molar-refractivity contribution is -0.347. The summed E-state index contributed by atoms with van der Waals surface area (Å²) in [5.41, 5.74) is -8.74. The van der Waals surface area contributed by atoms with Crippen LogP contribution < -0.4 is 5.32 Å². The molecule has 3 aliphatic carbocycles. The van der Waals surface area contributed by atoms with Gasteiger partial charge >= 0.3 is 30.0 Å². The van der Waals surface area contributed by atoms with Gasteiger partial charge in [-0.2, -0.15) is 0 Å². The lowest BCUT2D eigenvalue weighted by Gasteiger charge is -2.67. The van der Waals surface area contributed by atoms with Crippen LogP contribution in [0.3, 0.4) is 0 Å². The number of likely N-dealkylation sites (N-methyl/N-ethyl adjacent to an activating group) is 1. The van der Waals surface area contributed by atoms with Crippen LogP contribution >= 0.6 is 0 Å². The number of aliphatic hydroxyl groups is 3. The van der Waals surface area contributed by atoms with E-state index in [0.29, 0.717) is 19.3 Å². The third-order valence-corrected chi connectivity index (χ3v) is 13.0. The highest BCUT2D eigenvalue weighted by Crippen LogP contribution is 2.64. The molecule has 2 heterocycles. The van der Waals surface area contributed by atoms with Crippen molar-refractivity contribution < 1.29 is 77.3 Å². The van der Waals surface area contributed by atoms with Gasteiger partial charge in [0.15, 0.2) is 23.6 Å². The van der Waals surface area contributed by atoms with Crippen molar-refractivity contribution in [2.75, 3.05) is 20.2 Å². The highest BCUT2D eigenvalue weighted by atomic mass is 16.6. The molecular weight excluding hydrogens is 776 g/mol. The van der Waals surface area contributed by atoms with E-state index in [1.54, 1.807) is 20.8 Å². The molecule has 2 saturated heterocycles. The minimum atomic E-state index is -2.41. The summed E-state index contributed by atoms with van der Waals surface area (Å²) in [5.74, 6) is -6.83. The van der Waals surface area contributed by atoms with E-state index < -0.39 is 131 Å². The number of carbonyl (C=O) groups is 7. The molecular formula is C41H60N2O16. The summed E-state index contributed by atoms with van der Waals surface area (Å²) in [6.07, 6.45) is -10.3. The van der Waals surface area contributed by atoms with Gasteiger partial charge < -0.3 is 54.0 Å². The van der Waals surface area contributed by atoms with Crippen molar-refractivity contribution in [1.29, 1.82) is 0 Å². The SMILES string of the molecule is CC(=O)O[C@@H]1C(=O)[C@@]2(C)[C@H]([C@H]3OC(=O)CN(C)C(=O)CCCCC[C@@H](NC(=O)OC(C)(C)C)[C@H](O)C(=O)O[C@H]4C[C@@]3(O)C(C)(C)C1=C4C)[C@@]1(OC(C)=O)CO[C@@H]1C[C@@H]2O. The van der Waals surface area contributed by atoms with Crippen molar-refractivity contribution in [1.82, 2.24) is 10.2 Å². The van der Waals surface area contributed by atoms with Crippen LogP contribution in [0, 0.1) is 16.7 Å². The normalized spacial score (nSPS) is 38.1. The van der Waals surface area contributed by atoms with Gasteiger partial charge in [-0.3, -0.25) is 24.0 Å². The standard InChI is InChI=1S/C41H60N2O16/c1-20-24-17-41(53)34(57-28(48)18-43(10)27(47)15-13-11-12-14-23(30(49)35(51)56-24)42-36(52)59-37(4,5)6)32-39(9,25(46)16-26-40(32,19-54-26)58-22(3)45)33(50)31(55-21(2)44)29(20)38(41,7)8/h23-26,30-32,34,46,49,53H,11-19H2,1-10H3,(H,42,52)/t23-,24+,25+,26-,30+,31+,32+,34-,39-,40-,41+/m1/s1. The van der Waals surface area contributed by atoms with Crippen LogP contribution in [0.2, 0.25) is 0 Å². The van der Waals surface area contributed by atoms with Gasteiger partial charge in [0.2, 0.25) is 5.91 Å². The van der Waals surface area contributed by atoms with Crippen molar-refractivity contribution in [3.05, 3.63) is 11.1 Å². The minimum Gasteiger partial charge on any atom is -0.457 e. The van der Waals surface area contributed by atoms with Crippen molar-refractivity contribution in [3.8, 4) is 0 Å². The summed E-state index contributed by atoms with van der Waals surface area (Å²) < 4.78 is 35.3. The van der Waals surface area contributed by atoms with Crippen LogP contribution in [0.5, 0.6) is 0 Å². The predicted molar refractivity (Wildman–Crippen MR) is 203 cm³/mol. The summed E-state index contributed by atoms with van der Waals surface area (Å²) in [5, 5.41) is 39.6. The van der Waals surface area contributed by atoms with E-state index in [0.717, 1.165) is 18.7 Å². The number of carbonyl (C=O) groups excluding carboxylic acids is 7. The zero-order valence-corrected chi connectivity index (χ0v) is 35.6. The molecule has 18 nitrogen and oxygen atoms in total. The van der Waals surface area contributed by atoms with E-state index in [9.17, 15) is 44.1 Å². The summed E-state index contributed by atoms with van der Waals surface area (Å²) in [7, 11) is 1.40. The third kappa shape index (κ3) is 8.33. The van der Waals surface area contributed by atoms with Crippen molar-refractivity contribution >= 4 is 41.7 Å². The maximum Gasteiger partial charge on any atom is 0.407 e. The molecule has 4 fully saturated rings. The fraction of sp³-hybridized carbons (Fsp3) is 0.780. The molecule has 18 heteroatoms. The minimum absolute atomic E-state index is 0.00154. The number of hydrogen-bond donors (Lipinski definition) is 4. The van der Waals surface area contributed by atoms with Crippen molar-refractivity contribution in [2.24, 2.45) is 16.7 Å². The highest BCUT2D eigenvalue weighted by molar-refractivity contribution is 5.95. The van der Waals surface area contributed by atoms with Gasteiger partial charge in [0.1, 0.15) is 36.1 Å². The summed E-state index contributed by atoms with van der Waals surface area (Å²) in [6, 6.07) is -1.23. The van der Waals surface area contributed by atoms with E-state index in [1.807, 2.05) is 0 Å². The monoisotopic (exact) mass is 836 g/mol. The molecule has 0 aromatic carbocycles. The topological polar surface area (TPSA) is 251 Å². The molecule has 4 N–H and O–H groups in total. The highest BCUT2D eigenvalue weighted by Gasteiger charge is 2.78. The maximum atomic E-state index is 15.4. The second kappa shape index (κ2) is 16.4. The van der Waals surface area contributed by atoms with Crippen LogP contribution in [-0.4, -0.2) is 142 Å². The number of hydrogen-bond acceptors (Lipinski definition) is 16. The number of nitrogens with zero attached hydrogens (tertiary/aromatic N) is 1. The number of ether oxygens (including phenoxy) is 6. The van der Waals surface area contributed by atoms with Gasteiger partial charge in [0, 0.05) is 45.6 Å². The van der Waals surface area contributed by atoms with Gasteiger partial charge in [-0.15, -0.1) is 0 Å². The summed E-state index contributed by atoms with van der Waals surface area (Å²) in [4.78, 5) is 96.7. The Kier molecular flexibility index (Phi) is 12.8. The number of fused-ring (bicyclic) bond motifs is 6. The number of nitrogens with one attached hydrogen (secondary N) is 1. The molecule has 330 valence electrons. The number of esters is 4. The second-order valence-electron chi connectivity index (χ2n) is 18.4. The van der Waals surface area contributed by atoms with Crippen LogP contribution in [0.1, 0.15) is 107 Å². The van der Waals surface area contributed by atoms with E-state index >= 15 is 4.79 Å². The Morgan fingerprint density at radius 1 is 0.966 bits per heavy atom.